The van der Waals surface area contributed by atoms with E-state index < -0.39 is 15.3 Å². The van der Waals surface area contributed by atoms with E-state index in [1.807, 2.05) is 0 Å². The standard InChI is InChI=1S/C11H13ClN2O3.C6H5ClN2O2/c1-11(2,3)10(15)13-9-6-7(14(16)17)4-5-8(9)12;7-5-2-1-4(9(10)11)3-6(5)8/h4-6H,1-3H3,(H,13,15);1-3H,8H2. The maximum Gasteiger partial charge on any atom is 0.271 e. The van der Waals surface area contributed by atoms with Gasteiger partial charge in [0, 0.05) is 29.7 Å². The van der Waals surface area contributed by atoms with E-state index in [4.69, 9.17) is 28.9 Å². The van der Waals surface area contributed by atoms with Crippen molar-refractivity contribution in [2.45, 2.75) is 20.8 Å². The predicted octanol–water partition coefficient (Wildman–Crippen LogP) is 5.06. The minimum Gasteiger partial charge on any atom is -0.397 e. The molecule has 0 bridgehead atoms. The number of carbonyl (C=O) groups is 1. The summed E-state index contributed by atoms with van der Waals surface area (Å²) in [7, 11) is 0. The van der Waals surface area contributed by atoms with Gasteiger partial charge in [-0.05, 0) is 12.1 Å². The summed E-state index contributed by atoms with van der Waals surface area (Å²) >= 11 is 11.4. The lowest BCUT2D eigenvalue weighted by Crippen LogP contribution is -2.27. The number of nitrogens with zero attached hydrogens (tertiary/aromatic N) is 2. The first-order valence-electron chi connectivity index (χ1n) is 7.77. The molecule has 0 atom stereocenters. The van der Waals surface area contributed by atoms with Crippen LogP contribution < -0.4 is 11.1 Å². The zero-order valence-corrected chi connectivity index (χ0v) is 16.7. The lowest BCUT2D eigenvalue weighted by Gasteiger charge is -2.18. The first-order valence-corrected chi connectivity index (χ1v) is 8.53. The fraction of sp³-hybridized carbons (Fsp3) is 0.235. The van der Waals surface area contributed by atoms with E-state index in [0.29, 0.717) is 5.02 Å². The van der Waals surface area contributed by atoms with Crippen molar-refractivity contribution in [1.29, 1.82) is 0 Å². The lowest BCUT2D eigenvalue weighted by atomic mass is 9.95. The minimum atomic E-state index is -0.589. The highest BCUT2D eigenvalue weighted by atomic mass is 35.5. The number of nitro benzene ring substituents is 2. The maximum absolute atomic E-state index is 11.7. The number of anilines is 2. The smallest absolute Gasteiger partial charge is 0.271 e. The Balaban J connectivity index is 0.000000307. The normalized spacial score (nSPS) is 10.5. The molecule has 11 heteroatoms. The van der Waals surface area contributed by atoms with E-state index in [2.05, 4.69) is 5.32 Å². The number of hydrogen-bond donors (Lipinski definition) is 2. The van der Waals surface area contributed by atoms with Crippen LogP contribution in [0, 0.1) is 25.6 Å². The van der Waals surface area contributed by atoms with Crippen LogP contribution in [0.25, 0.3) is 0 Å². The highest BCUT2D eigenvalue weighted by molar-refractivity contribution is 6.34. The fourth-order valence-corrected chi connectivity index (χ4v) is 1.96. The summed E-state index contributed by atoms with van der Waals surface area (Å²) in [5.74, 6) is -0.250. The van der Waals surface area contributed by atoms with E-state index >= 15 is 0 Å². The van der Waals surface area contributed by atoms with Crippen LogP contribution in [-0.4, -0.2) is 15.8 Å². The Morgan fingerprint density at radius 2 is 1.43 bits per heavy atom. The molecular weight excluding hydrogens is 411 g/mol. The van der Waals surface area contributed by atoms with Gasteiger partial charge in [-0.1, -0.05) is 44.0 Å². The summed E-state index contributed by atoms with van der Waals surface area (Å²) in [6, 6.07) is 7.84. The van der Waals surface area contributed by atoms with Gasteiger partial charge in [0.1, 0.15) is 0 Å². The minimum absolute atomic E-state index is 0.0492. The van der Waals surface area contributed by atoms with Crippen molar-refractivity contribution in [2.24, 2.45) is 5.41 Å². The van der Waals surface area contributed by atoms with Crippen molar-refractivity contribution in [1.82, 2.24) is 0 Å². The second kappa shape index (κ2) is 9.34. The third kappa shape index (κ3) is 6.67. The Bertz CT molecular complexity index is 913. The lowest BCUT2D eigenvalue weighted by molar-refractivity contribution is -0.385. The molecule has 0 unspecified atom stereocenters. The Morgan fingerprint density at radius 1 is 0.964 bits per heavy atom. The quantitative estimate of drug-likeness (QED) is 0.397. The monoisotopic (exact) mass is 428 g/mol. The van der Waals surface area contributed by atoms with Crippen molar-refractivity contribution < 1.29 is 14.6 Å². The van der Waals surface area contributed by atoms with Gasteiger partial charge in [0.15, 0.2) is 0 Å². The van der Waals surface area contributed by atoms with Crippen molar-refractivity contribution in [3.8, 4) is 0 Å². The maximum atomic E-state index is 11.7. The molecule has 150 valence electrons. The van der Waals surface area contributed by atoms with Crippen molar-refractivity contribution in [3.63, 3.8) is 0 Å². The molecule has 1 amide bonds. The number of carbonyl (C=O) groups excluding carboxylic acids is 1. The molecule has 0 heterocycles. The number of benzene rings is 2. The zero-order chi connectivity index (χ0) is 21.6. The summed E-state index contributed by atoms with van der Waals surface area (Å²) in [6.07, 6.45) is 0. The van der Waals surface area contributed by atoms with Gasteiger partial charge >= 0.3 is 0 Å². The van der Waals surface area contributed by atoms with Gasteiger partial charge < -0.3 is 11.1 Å². The van der Waals surface area contributed by atoms with Gasteiger partial charge in [-0.3, -0.25) is 25.0 Å². The Labute approximate surface area is 170 Å². The van der Waals surface area contributed by atoms with Crippen LogP contribution in [0.1, 0.15) is 20.8 Å². The van der Waals surface area contributed by atoms with E-state index in [9.17, 15) is 25.0 Å². The first-order chi connectivity index (χ1) is 12.8. The number of halogens is 2. The van der Waals surface area contributed by atoms with Gasteiger partial charge in [0.05, 0.1) is 31.3 Å². The molecule has 0 spiro atoms. The Morgan fingerprint density at radius 3 is 1.86 bits per heavy atom. The average molecular weight is 429 g/mol. The van der Waals surface area contributed by atoms with Gasteiger partial charge in [0.25, 0.3) is 11.4 Å². The van der Waals surface area contributed by atoms with E-state index in [1.165, 1.54) is 36.4 Å². The molecule has 0 aliphatic carbocycles. The van der Waals surface area contributed by atoms with E-state index in [-0.39, 0.29) is 33.7 Å². The van der Waals surface area contributed by atoms with Crippen LogP contribution in [0.4, 0.5) is 22.7 Å². The number of nitrogens with one attached hydrogen (secondary N) is 1. The van der Waals surface area contributed by atoms with Crippen LogP contribution in [0.2, 0.25) is 10.0 Å². The number of amides is 1. The van der Waals surface area contributed by atoms with E-state index in [0.717, 1.165) is 0 Å². The van der Waals surface area contributed by atoms with Crippen molar-refractivity contribution >= 4 is 51.9 Å². The second-order valence-corrected chi connectivity index (χ2v) is 7.40. The fourth-order valence-electron chi connectivity index (χ4n) is 1.68. The molecule has 2 aromatic carbocycles. The molecule has 0 aliphatic heterocycles. The molecule has 0 saturated carbocycles. The largest absolute Gasteiger partial charge is 0.397 e. The van der Waals surface area contributed by atoms with Crippen LogP contribution in [0.5, 0.6) is 0 Å². The molecule has 9 nitrogen and oxygen atoms in total. The van der Waals surface area contributed by atoms with E-state index in [1.54, 1.807) is 20.8 Å². The highest BCUT2D eigenvalue weighted by Gasteiger charge is 2.22. The second-order valence-electron chi connectivity index (χ2n) is 6.59. The van der Waals surface area contributed by atoms with Crippen LogP contribution >= 0.6 is 23.2 Å². The molecule has 2 aromatic rings. The Hall–Kier alpha value is -2.91. The summed E-state index contributed by atoms with van der Waals surface area (Å²) in [6.45, 7) is 5.23. The molecular formula is C17H18Cl2N4O5. The van der Waals surface area contributed by atoms with Gasteiger partial charge in [-0.2, -0.15) is 0 Å². The van der Waals surface area contributed by atoms with Crippen LogP contribution in [-0.2, 0) is 4.79 Å². The number of non-ortho nitro benzene ring substituents is 2. The number of rotatable bonds is 3. The zero-order valence-electron chi connectivity index (χ0n) is 15.2. The summed E-state index contributed by atoms with van der Waals surface area (Å²) in [5, 5.41) is 23.9. The number of nitro groups is 2. The van der Waals surface area contributed by atoms with Gasteiger partial charge in [-0.15, -0.1) is 0 Å². The summed E-state index contributed by atoms with van der Waals surface area (Å²) < 4.78 is 0. The highest BCUT2D eigenvalue weighted by Crippen LogP contribution is 2.28. The third-order valence-electron chi connectivity index (χ3n) is 3.28. The van der Waals surface area contributed by atoms with Crippen LogP contribution in [0.3, 0.4) is 0 Å². The topological polar surface area (TPSA) is 141 Å². The molecule has 0 aliphatic rings. The molecule has 28 heavy (non-hydrogen) atoms. The first kappa shape index (κ1) is 23.1. The van der Waals surface area contributed by atoms with Crippen LogP contribution in [0.15, 0.2) is 36.4 Å². The Kier molecular flexibility index (Phi) is 7.71. The third-order valence-corrected chi connectivity index (χ3v) is 3.95. The number of nitrogens with two attached hydrogens (primary N) is 1. The molecule has 2 rings (SSSR count). The van der Waals surface area contributed by atoms with Gasteiger partial charge in [0.2, 0.25) is 5.91 Å². The summed E-state index contributed by atoms with van der Waals surface area (Å²) in [4.78, 5) is 31.4. The SMILES string of the molecule is CC(C)(C)C(=O)Nc1cc([N+](=O)[O-])ccc1Cl.Nc1cc([N+](=O)[O-])ccc1Cl. The number of nitrogen functional groups attached to an aromatic ring is 1. The average Bonchev–Trinajstić information content (AvgIpc) is 2.58. The van der Waals surface area contributed by atoms with Gasteiger partial charge in [-0.25, -0.2) is 0 Å². The summed E-state index contributed by atoms with van der Waals surface area (Å²) in [5.41, 5.74) is 5.04. The van der Waals surface area contributed by atoms with Crippen molar-refractivity contribution in [2.75, 3.05) is 11.1 Å². The molecule has 3 N–H and O–H groups in total. The van der Waals surface area contributed by atoms with Crippen molar-refractivity contribution in [3.05, 3.63) is 66.7 Å². The molecule has 0 saturated heterocycles. The molecule has 0 fully saturated rings. The number of hydrogen-bond acceptors (Lipinski definition) is 6. The molecule has 0 aromatic heterocycles. The predicted molar refractivity (Wildman–Crippen MR) is 109 cm³/mol. The molecule has 0 radical (unpaired) electrons.